The number of furan rings is 1. The maximum Gasteiger partial charge on any atom is 0.287 e. The predicted molar refractivity (Wildman–Crippen MR) is 131 cm³/mol. The number of carbonyl (C=O) groups excluding carboxylic acids is 3. The highest BCUT2D eigenvalue weighted by atomic mass is 35.5. The fraction of sp³-hybridized carbons (Fsp3) is 0.269. The molecule has 1 aromatic heterocycles. The van der Waals surface area contributed by atoms with Crippen LogP contribution in [0.5, 0.6) is 0 Å². The molecule has 1 fully saturated rings. The number of anilines is 1. The lowest BCUT2D eigenvalue weighted by molar-refractivity contribution is -0.126. The molecule has 8 nitrogen and oxygen atoms in total. The summed E-state index contributed by atoms with van der Waals surface area (Å²) in [5.41, 5.74) is 0.954. The Hall–Kier alpha value is -3.62. The fourth-order valence-electron chi connectivity index (χ4n) is 3.97. The van der Waals surface area contributed by atoms with Crippen molar-refractivity contribution in [2.24, 2.45) is 0 Å². The average Bonchev–Trinajstić information content (AvgIpc) is 3.60. The van der Waals surface area contributed by atoms with Crippen LogP contribution in [-0.4, -0.2) is 43.5 Å². The fourth-order valence-corrected chi connectivity index (χ4v) is 4.20. The normalized spacial score (nSPS) is 15.9. The molecule has 2 heterocycles. The van der Waals surface area contributed by atoms with E-state index < -0.39 is 17.9 Å². The van der Waals surface area contributed by atoms with Gasteiger partial charge in [-0.05, 0) is 42.7 Å². The van der Waals surface area contributed by atoms with E-state index in [9.17, 15) is 14.4 Å². The summed E-state index contributed by atoms with van der Waals surface area (Å²) in [5, 5.41) is 5.79. The van der Waals surface area contributed by atoms with E-state index in [0.717, 1.165) is 12.8 Å². The molecular weight excluding hydrogens is 470 g/mol. The molecule has 2 aromatic carbocycles. The van der Waals surface area contributed by atoms with E-state index in [4.69, 9.17) is 20.8 Å². The second kappa shape index (κ2) is 11.7. The second-order valence-electron chi connectivity index (χ2n) is 8.07. The Morgan fingerprint density at radius 1 is 1.00 bits per heavy atom. The Kier molecular flexibility index (Phi) is 8.18. The molecule has 0 saturated carbocycles. The topological polar surface area (TPSA) is 101 Å². The molecule has 0 unspecified atom stereocenters. The van der Waals surface area contributed by atoms with E-state index in [-0.39, 0.29) is 24.3 Å². The highest BCUT2D eigenvalue weighted by Crippen LogP contribution is 2.33. The van der Waals surface area contributed by atoms with Crippen LogP contribution in [-0.2, 0) is 14.3 Å². The van der Waals surface area contributed by atoms with Crippen LogP contribution in [0.15, 0.2) is 77.4 Å². The third-order valence-electron chi connectivity index (χ3n) is 5.68. The highest BCUT2D eigenvalue weighted by molar-refractivity contribution is 6.34. The van der Waals surface area contributed by atoms with Gasteiger partial charge in [-0.1, -0.05) is 54.1 Å². The van der Waals surface area contributed by atoms with Crippen molar-refractivity contribution in [2.45, 2.75) is 25.0 Å². The Bertz CT molecular complexity index is 1150. The van der Waals surface area contributed by atoms with Crippen molar-refractivity contribution in [3.63, 3.8) is 0 Å². The first-order chi connectivity index (χ1) is 17.0. The van der Waals surface area contributed by atoms with Crippen LogP contribution in [0.4, 0.5) is 5.69 Å². The summed E-state index contributed by atoms with van der Waals surface area (Å²) in [6.07, 6.45) is 3.12. The van der Waals surface area contributed by atoms with E-state index in [0.29, 0.717) is 29.4 Å². The maximum atomic E-state index is 13.6. The molecule has 2 atom stereocenters. The summed E-state index contributed by atoms with van der Waals surface area (Å²) in [4.78, 5) is 40.8. The summed E-state index contributed by atoms with van der Waals surface area (Å²) < 4.78 is 10.7. The summed E-state index contributed by atoms with van der Waals surface area (Å²) in [6.45, 7) is 0.636. The van der Waals surface area contributed by atoms with Crippen molar-refractivity contribution >= 4 is 35.0 Å². The van der Waals surface area contributed by atoms with E-state index in [1.165, 1.54) is 17.2 Å². The lowest BCUT2D eigenvalue weighted by atomic mass is 10.0. The number of carbonyl (C=O) groups is 3. The number of nitrogens with zero attached hydrogens (tertiary/aromatic N) is 1. The van der Waals surface area contributed by atoms with E-state index in [1.54, 1.807) is 54.6 Å². The van der Waals surface area contributed by atoms with Gasteiger partial charge < -0.3 is 19.8 Å². The minimum atomic E-state index is -1.02. The van der Waals surface area contributed by atoms with Crippen LogP contribution in [0.3, 0.4) is 0 Å². The number of hydrogen-bond donors (Lipinski definition) is 2. The van der Waals surface area contributed by atoms with Crippen LogP contribution in [0.1, 0.15) is 35.0 Å². The molecule has 3 amide bonds. The summed E-state index contributed by atoms with van der Waals surface area (Å²) >= 11 is 6.48. The molecule has 1 aliphatic heterocycles. The van der Waals surface area contributed by atoms with Crippen molar-refractivity contribution in [3.05, 3.63) is 89.3 Å². The molecule has 182 valence electrons. The van der Waals surface area contributed by atoms with Crippen LogP contribution >= 0.6 is 11.6 Å². The molecule has 35 heavy (non-hydrogen) atoms. The van der Waals surface area contributed by atoms with Gasteiger partial charge >= 0.3 is 0 Å². The van der Waals surface area contributed by atoms with Gasteiger partial charge in [-0.15, -0.1) is 0 Å². The van der Waals surface area contributed by atoms with E-state index in [2.05, 4.69) is 10.6 Å². The number of rotatable bonds is 9. The first-order valence-corrected chi connectivity index (χ1v) is 11.7. The maximum absolute atomic E-state index is 13.6. The lowest BCUT2D eigenvalue weighted by Gasteiger charge is -2.32. The number of halogens is 1. The Labute approximate surface area is 208 Å². The molecule has 4 rings (SSSR count). The monoisotopic (exact) mass is 495 g/mol. The number of amides is 3. The lowest BCUT2D eigenvalue weighted by Crippen LogP contribution is -2.48. The Balaban J connectivity index is 1.64. The first-order valence-electron chi connectivity index (χ1n) is 11.4. The minimum absolute atomic E-state index is 0.0626. The number of hydrogen-bond acceptors (Lipinski definition) is 5. The van der Waals surface area contributed by atoms with Crippen molar-refractivity contribution in [1.82, 2.24) is 10.6 Å². The summed E-state index contributed by atoms with van der Waals surface area (Å²) in [5.74, 6) is -1.35. The second-order valence-corrected chi connectivity index (χ2v) is 8.48. The largest absolute Gasteiger partial charge is 0.459 e. The van der Waals surface area contributed by atoms with Crippen LogP contribution in [0, 0.1) is 0 Å². The van der Waals surface area contributed by atoms with Gasteiger partial charge in [-0.25, -0.2) is 0 Å². The number of ether oxygens (including phenoxy) is 1. The standard InChI is InChI=1S/C26H26ClN3O5/c27-20-11-4-5-12-21(20)30(23(31)17-29-25(32)22-13-7-15-35-22)24(18-8-2-1-3-9-18)26(33)28-16-19-10-6-14-34-19/h1-5,7-9,11-13,15,19,24H,6,10,14,16-17H2,(H,28,33)(H,29,32)/t19-,24-/m0/s1. The molecular formula is C26H26ClN3O5. The van der Waals surface area contributed by atoms with Crippen molar-refractivity contribution in [2.75, 3.05) is 24.6 Å². The predicted octanol–water partition coefficient (Wildman–Crippen LogP) is 3.73. The average molecular weight is 496 g/mol. The molecule has 3 aromatic rings. The van der Waals surface area contributed by atoms with Gasteiger partial charge in [0.1, 0.15) is 6.04 Å². The van der Waals surface area contributed by atoms with Gasteiger partial charge in [-0.2, -0.15) is 0 Å². The SMILES string of the molecule is O=C(NCC(=O)N(c1ccccc1Cl)[C@H](C(=O)NC[C@@H]1CCCO1)c1ccccc1)c1ccco1. The third kappa shape index (κ3) is 6.09. The van der Waals surface area contributed by atoms with Gasteiger partial charge in [-0.3, -0.25) is 19.3 Å². The molecule has 2 N–H and O–H groups in total. The number of para-hydroxylation sites is 1. The number of nitrogens with one attached hydrogen (secondary N) is 2. The van der Waals surface area contributed by atoms with Crippen LogP contribution < -0.4 is 15.5 Å². The molecule has 0 radical (unpaired) electrons. The minimum Gasteiger partial charge on any atom is -0.459 e. The third-order valence-corrected chi connectivity index (χ3v) is 6.00. The first kappa shape index (κ1) is 24.5. The molecule has 9 heteroatoms. The van der Waals surface area contributed by atoms with Crippen molar-refractivity contribution in [3.8, 4) is 0 Å². The Morgan fingerprint density at radius 3 is 2.46 bits per heavy atom. The smallest absolute Gasteiger partial charge is 0.287 e. The summed E-state index contributed by atoms with van der Waals surface area (Å²) in [6, 6.07) is 17.8. The molecule has 0 spiro atoms. The zero-order valence-electron chi connectivity index (χ0n) is 19.0. The molecule has 1 aliphatic rings. The number of benzene rings is 2. The molecule has 0 bridgehead atoms. The van der Waals surface area contributed by atoms with E-state index in [1.807, 2.05) is 6.07 Å². The van der Waals surface area contributed by atoms with Gasteiger partial charge in [0.15, 0.2) is 5.76 Å². The zero-order valence-corrected chi connectivity index (χ0v) is 19.7. The van der Waals surface area contributed by atoms with Crippen LogP contribution in [0.25, 0.3) is 0 Å². The van der Waals surface area contributed by atoms with Gasteiger partial charge in [0.25, 0.3) is 5.91 Å². The van der Waals surface area contributed by atoms with Gasteiger partial charge in [0.2, 0.25) is 11.8 Å². The van der Waals surface area contributed by atoms with Crippen molar-refractivity contribution in [1.29, 1.82) is 0 Å². The molecule has 0 aliphatic carbocycles. The van der Waals surface area contributed by atoms with Crippen LogP contribution in [0.2, 0.25) is 5.02 Å². The van der Waals surface area contributed by atoms with Gasteiger partial charge in [0.05, 0.1) is 29.6 Å². The van der Waals surface area contributed by atoms with Gasteiger partial charge in [0, 0.05) is 13.2 Å². The Morgan fingerprint density at radius 2 is 1.77 bits per heavy atom. The van der Waals surface area contributed by atoms with Crippen molar-refractivity contribution < 1.29 is 23.5 Å². The summed E-state index contributed by atoms with van der Waals surface area (Å²) in [7, 11) is 0. The highest BCUT2D eigenvalue weighted by Gasteiger charge is 2.34. The molecule has 1 saturated heterocycles. The van der Waals surface area contributed by atoms with E-state index >= 15 is 0 Å². The zero-order chi connectivity index (χ0) is 24.6. The quantitative estimate of drug-likeness (QED) is 0.471.